The maximum Gasteiger partial charge on any atom is 0.105 e. The molecule has 0 aliphatic carbocycles. The molecule has 2 aromatic rings. The van der Waals surface area contributed by atoms with Crippen molar-refractivity contribution < 1.29 is 0 Å². The highest BCUT2D eigenvalue weighted by atomic mass is 35.5. The van der Waals surface area contributed by atoms with Crippen LogP contribution in [0.3, 0.4) is 0 Å². The predicted octanol–water partition coefficient (Wildman–Crippen LogP) is 4.09. The van der Waals surface area contributed by atoms with Crippen molar-refractivity contribution in [3.63, 3.8) is 0 Å². The minimum Gasteiger partial charge on any atom is -0.310 e. The molecule has 0 amide bonds. The summed E-state index contributed by atoms with van der Waals surface area (Å²) in [5.41, 5.74) is 2.36. The van der Waals surface area contributed by atoms with Gasteiger partial charge in [-0.25, -0.2) is 9.97 Å². The largest absolute Gasteiger partial charge is 0.310 e. The van der Waals surface area contributed by atoms with E-state index in [9.17, 15) is 0 Å². The van der Waals surface area contributed by atoms with E-state index >= 15 is 0 Å². The van der Waals surface area contributed by atoms with Crippen molar-refractivity contribution in [2.45, 2.75) is 43.4 Å². The van der Waals surface area contributed by atoms with Crippen LogP contribution >= 0.6 is 23.4 Å². The van der Waals surface area contributed by atoms with Crippen LogP contribution in [-0.2, 0) is 6.54 Å². The summed E-state index contributed by atoms with van der Waals surface area (Å²) in [6.45, 7) is 7.19. The average Bonchev–Trinajstić information content (AvgIpc) is 2.41. The maximum absolute atomic E-state index is 5.83. The minimum absolute atomic E-state index is 0.475. The summed E-state index contributed by atoms with van der Waals surface area (Å²) in [6.07, 6.45) is 3.57. The lowest BCUT2D eigenvalue weighted by Crippen LogP contribution is -2.21. The smallest absolute Gasteiger partial charge is 0.105 e. The highest BCUT2D eigenvalue weighted by Crippen LogP contribution is 2.27. The molecule has 0 spiro atoms. The molecule has 0 atom stereocenters. The zero-order valence-electron chi connectivity index (χ0n) is 11.9. The van der Waals surface area contributed by atoms with Gasteiger partial charge >= 0.3 is 0 Å². The fourth-order valence-electron chi connectivity index (χ4n) is 1.67. The summed E-state index contributed by atoms with van der Waals surface area (Å²) in [6, 6.07) is 6.39. The summed E-state index contributed by atoms with van der Waals surface area (Å²) in [5.74, 6) is 0. The molecule has 106 valence electrons. The Morgan fingerprint density at radius 3 is 2.65 bits per heavy atom. The summed E-state index contributed by atoms with van der Waals surface area (Å²) in [5, 5.41) is 5.92. The van der Waals surface area contributed by atoms with Gasteiger partial charge in [-0.1, -0.05) is 31.5 Å². The zero-order chi connectivity index (χ0) is 14.5. The molecule has 2 heterocycles. The average molecular weight is 308 g/mol. The lowest BCUT2D eigenvalue weighted by atomic mass is 10.2. The van der Waals surface area contributed by atoms with Crippen LogP contribution in [-0.4, -0.2) is 16.0 Å². The Labute approximate surface area is 129 Å². The lowest BCUT2D eigenvalue weighted by Gasteiger charge is -2.10. The van der Waals surface area contributed by atoms with E-state index in [1.54, 1.807) is 18.0 Å². The van der Waals surface area contributed by atoms with Gasteiger partial charge in [0, 0.05) is 25.0 Å². The monoisotopic (exact) mass is 307 g/mol. The molecule has 0 bridgehead atoms. The van der Waals surface area contributed by atoms with Crippen LogP contribution in [0.4, 0.5) is 0 Å². The van der Waals surface area contributed by atoms with Gasteiger partial charge in [-0.15, -0.1) is 0 Å². The Kier molecular flexibility index (Phi) is 5.40. The van der Waals surface area contributed by atoms with Gasteiger partial charge in [0.05, 0.1) is 5.02 Å². The highest BCUT2D eigenvalue weighted by molar-refractivity contribution is 7.99. The molecule has 20 heavy (non-hydrogen) atoms. The second kappa shape index (κ2) is 7.07. The lowest BCUT2D eigenvalue weighted by molar-refractivity contribution is 0.587. The molecule has 2 aromatic heterocycles. The Hall–Kier alpha value is -1.10. The SMILES string of the molecule is Cc1cc(CNC(C)C)cnc1Sc1ccc(Cl)cn1. The molecular formula is C15H18ClN3S. The zero-order valence-corrected chi connectivity index (χ0v) is 13.4. The van der Waals surface area contributed by atoms with E-state index < -0.39 is 0 Å². The molecule has 0 radical (unpaired) electrons. The molecule has 0 aliphatic rings. The number of hydrogen-bond donors (Lipinski definition) is 1. The number of pyridine rings is 2. The Morgan fingerprint density at radius 1 is 1.25 bits per heavy atom. The van der Waals surface area contributed by atoms with Crippen LogP contribution in [0, 0.1) is 6.92 Å². The fourth-order valence-corrected chi connectivity index (χ4v) is 2.54. The first-order valence-corrected chi connectivity index (χ1v) is 7.72. The number of aryl methyl sites for hydroxylation is 1. The van der Waals surface area contributed by atoms with Gasteiger partial charge in [0.15, 0.2) is 0 Å². The van der Waals surface area contributed by atoms with Crippen molar-refractivity contribution in [1.29, 1.82) is 0 Å². The van der Waals surface area contributed by atoms with Gasteiger partial charge in [-0.05, 0) is 41.9 Å². The van der Waals surface area contributed by atoms with E-state index in [1.165, 1.54) is 5.56 Å². The van der Waals surface area contributed by atoms with E-state index in [4.69, 9.17) is 11.6 Å². The van der Waals surface area contributed by atoms with E-state index in [0.717, 1.165) is 22.2 Å². The second-order valence-electron chi connectivity index (χ2n) is 4.92. The summed E-state index contributed by atoms with van der Waals surface area (Å²) in [4.78, 5) is 8.80. The van der Waals surface area contributed by atoms with Crippen molar-refractivity contribution in [2.24, 2.45) is 0 Å². The van der Waals surface area contributed by atoms with E-state index in [2.05, 4.69) is 42.1 Å². The van der Waals surface area contributed by atoms with Crippen molar-refractivity contribution in [3.05, 3.63) is 46.7 Å². The van der Waals surface area contributed by atoms with E-state index in [-0.39, 0.29) is 0 Å². The van der Waals surface area contributed by atoms with Crippen LogP contribution < -0.4 is 5.32 Å². The van der Waals surface area contributed by atoms with E-state index in [1.807, 2.05) is 18.3 Å². The van der Waals surface area contributed by atoms with Crippen LogP contribution in [0.15, 0.2) is 40.6 Å². The molecule has 1 N–H and O–H groups in total. The number of hydrogen-bond acceptors (Lipinski definition) is 4. The quantitative estimate of drug-likeness (QED) is 0.903. The van der Waals surface area contributed by atoms with Crippen LogP contribution in [0.5, 0.6) is 0 Å². The molecular weight excluding hydrogens is 290 g/mol. The minimum atomic E-state index is 0.475. The van der Waals surface area contributed by atoms with E-state index in [0.29, 0.717) is 11.1 Å². The first kappa shape index (κ1) is 15.3. The third-order valence-corrected chi connectivity index (χ3v) is 4.00. The molecule has 0 saturated carbocycles. The van der Waals surface area contributed by atoms with Gasteiger partial charge in [0.1, 0.15) is 10.1 Å². The Balaban J connectivity index is 2.07. The summed E-state index contributed by atoms with van der Waals surface area (Å²) in [7, 11) is 0. The van der Waals surface area contributed by atoms with Gasteiger partial charge < -0.3 is 5.32 Å². The van der Waals surface area contributed by atoms with Crippen LogP contribution in [0.25, 0.3) is 0 Å². The van der Waals surface area contributed by atoms with Crippen molar-refractivity contribution >= 4 is 23.4 Å². The van der Waals surface area contributed by atoms with Crippen molar-refractivity contribution in [3.8, 4) is 0 Å². The molecule has 2 rings (SSSR count). The van der Waals surface area contributed by atoms with Gasteiger partial charge in [-0.3, -0.25) is 0 Å². The highest BCUT2D eigenvalue weighted by Gasteiger charge is 2.06. The van der Waals surface area contributed by atoms with Gasteiger partial charge in [-0.2, -0.15) is 0 Å². The Bertz CT molecular complexity index is 570. The summed E-state index contributed by atoms with van der Waals surface area (Å²) >= 11 is 7.39. The van der Waals surface area contributed by atoms with Crippen molar-refractivity contribution in [1.82, 2.24) is 15.3 Å². The molecule has 5 heteroatoms. The first-order chi connectivity index (χ1) is 9.54. The van der Waals surface area contributed by atoms with Gasteiger partial charge in [0.25, 0.3) is 0 Å². The predicted molar refractivity (Wildman–Crippen MR) is 84.3 cm³/mol. The fraction of sp³-hybridized carbons (Fsp3) is 0.333. The normalized spacial score (nSPS) is 11.1. The molecule has 0 saturated heterocycles. The molecule has 0 aliphatic heterocycles. The summed E-state index contributed by atoms with van der Waals surface area (Å²) < 4.78 is 0. The van der Waals surface area contributed by atoms with Crippen LogP contribution in [0.1, 0.15) is 25.0 Å². The number of nitrogens with zero attached hydrogens (tertiary/aromatic N) is 2. The van der Waals surface area contributed by atoms with Gasteiger partial charge in [0.2, 0.25) is 0 Å². The van der Waals surface area contributed by atoms with Crippen molar-refractivity contribution in [2.75, 3.05) is 0 Å². The maximum atomic E-state index is 5.83. The number of nitrogens with one attached hydrogen (secondary N) is 1. The standard InChI is InChI=1S/C15H18ClN3S/c1-10(2)17-7-12-6-11(3)15(19-8-12)20-14-5-4-13(16)9-18-14/h4-6,8-10,17H,7H2,1-3H3. The Morgan fingerprint density at radius 2 is 2.05 bits per heavy atom. The third kappa shape index (κ3) is 4.47. The number of halogens is 1. The van der Waals surface area contributed by atoms with Crippen LogP contribution in [0.2, 0.25) is 5.02 Å². The number of rotatable bonds is 5. The topological polar surface area (TPSA) is 37.8 Å². The molecule has 3 nitrogen and oxygen atoms in total. The molecule has 0 fully saturated rings. The third-order valence-electron chi connectivity index (χ3n) is 2.70. The number of aromatic nitrogens is 2. The molecule has 0 aromatic carbocycles. The molecule has 0 unspecified atom stereocenters. The second-order valence-corrected chi connectivity index (χ2v) is 6.36. The first-order valence-electron chi connectivity index (χ1n) is 6.53.